The average Bonchev–Trinajstić information content (AvgIpc) is 3.38. The third-order valence-corrected chi connectivity index (χ3v) is 4.91. The van der Waals surface area contributed by atoms with Crippen molar-refractivity contribution in [2.24, 2.45) is 5.73 Å². The second kappa shape index (κ2) is 6.24. The van der Waals surface area contributed by atoms with Gasteiger partial charge in [0.1, 0.15) is 17.4 Å². The first-order valence-electron chi connectivity index (χ1n) is 8.91. The van der Waals surface area contributed by atoms with Gasteiger partial charge in [0.05, 0.1) is 18.7 Å². The zero-order valence-electron chi connectivity index (χ0n) is 14.8. The van der Waals surface area contributed by atoms with Crippen molar-refractivity contribution >= 4 is 16.6 Å². The molecule has 1 saturated carbocycles. The van der Waals surface area contributed by atoms with Gasteiger partial charge < -0.3 is 19.6 Å². The summed E-state index contributed by atoms with van der Waals surface area (Å²) in [5.74, 6) is 1.71. The third-order valence-electron chi connectivity index (χ3n) is 4.91. The standard InChI is InChI=1S/C19H19N5O3/c1-25-19-13-9-16(27-15(13)6-7-21-19)14-10-22-17-4-5-18(23-24(14)17)26-12-3-2-11(20)8-12/h4-7,9-12H,2-3,8,20H2,1H3/t11-,12+/m0/s1. The van der Waals surface area contributed by atoms with Crippen LogP contribution < -0.4 is 15.2 Å². The van der Waals surface area contributed by atoms with Crippen LogP contribution in [0.5, 0.6) is 11.8 Å². The first kappa shape index (κ1) is 16.1. The van der Waals surface area contributed by atoms with Crippen molar-refractivity contribution in [3.8, 4) is 23.2 Å². The molecule has 2 atom stereocenters. The minimum atomic E-state index is 0.110. The molecular formula is C19H19N5O3. The van der Waals surface area contributed by atoms with Crippen LogP contribution in [-0.4, -0.2) is 38.8 Å². The van der Waals surface area contributed by atoms with E-state index in [1.54, 1.807) is 30.1 Å². The molecule has 0 bridgehead atoms. The molecule has 27 heavy (non-hydrogen) atoms. The van der Waals surface area contributed by atoms with E-state index in [9.17, 15) is 0 Å². The highest BCUT2D eigenvalue weighted by Gasteiger charge is 2.24. The number of pyridine rings is 1. The number of fused-ring (bicyclic) bond motifs is 2. The summed E-state index contributed by atoms with van der Waals surface area (Å²) in [5, 5.41) is 5.40. The van der Waals surface area contributed by atoms with E-state index in [0.717, 1.165) is 30.3 Å². The molecule has 1 fully saturated rings. The smallest absolute Gasteiger partial charge is 0.232 e. The van der Waals surface area contributed by atoms with Crippen LogP contribution in [0.3, 0.4) is 0 Å². The molecule has 4 aromatic heterocycles. The highest BCUT2D eigenvalue weighted by Crippen LogP contribution is 2.32. The molecule has 4 heterocycles. The maximum atomic E-state index is 6.01. The molecule has 0 amide bonds. The van der Waals surface area contributed by atoms with E-state index >= 15 is 0 Å². The summed E-state index contributed by atoms with van der Waals surface area (Å²) < 4.78 is 19.0. The molecule has 0 saturated heterocycles. The number of hydrogen-bond acceptors (Lipinski definition) is 7. The Morgan fingerprint density at radius 2 is 2.15 bits per heavy atom. The van der Waals surface area contributed by atoms with Crippen molar-refractivity contribution in [3.63, 3.8) is 0 Å². The number of hydrogen-bond donors (Lipinski definition) is 1. The number of aromatic nitrogens is 4. The summed E-state index contributed by atoms with van der Waals surface area (Å²) in [6, 6.07) is 7.61. The Bertz CT molecular complexity index is 1120. The van der Waals surface area contributed by atoms with Gasteiger partial charge in [0, 0.05) is 24.4 Å². The molecule has 1 aliphatic rings. The molecule has 0 aromatic carbocycles. The molecule has 0 aliphatic heterocycles. The van der Waals surface area contributed by atoms with Gasteiger partial charge in [-0.2, -0.15) is 0 Å². The minimum Gasteiger partial charge on any atom is -0.480 e. The number of nitrogens with two attached hydrogens (primary N) is 1. The van der Waals surface area contributed by atoms with Crippen LogP contribution in [0.25, 0.3) is 28.1 Å². The highest BCUT2D eigenvalue weighted by molar-refractivity contribution is 5.86. The van der Waals surface area contributed by atoms with E-state index in [1.165, 1.54) is 0 Å². The van der Waals surface area contributed by atoms with Crippen molar-refractivity contribution in [2.75, 3.05) is 7.11 Å². The van der Waals surface area contributed by atoms with Gasteiger partial charge in [-0.15, -0.1) is 5.10 Å². The number of imidazole rings is 1. The Balaban J connectivity index is 1.54. The lowest BCUT2D eigenvalue weighted by molar-refractivity contribution is 0.197. The summed E-state index contributed by atoms with van der Waals surface area (Å²) in [4.78, 5) is 8.62. The second-order valence-corrected chi connectivity index (χ2v) is 6.74. The second-order valence-electron chi connectivity index (χ2n) is 6.74. The molecule has 2 N–H and O–H groups in total. The number of methoxy groups -OCH3 is 1. The van der Waals surface area contributed by atoms with Crippen LogP contribution in [0.2, 0.25) is 0 Å². The Kier molecular flexibility index (Phi) is 3.71. The summed E-state index contributed by atoms with van der Waals surface area (Å²) in [6.45, 7) is 0. The quantitative estimate of drug-likeness (QED) is 0.593. The first-order valence-corrected chi connectivity index (χ1v) is 8.91. The molecular weight excluding hydrogens is 346 g/mol. The number of rotatable bonds is 4. The van der Waals surface area contributed by atoms with Crippen molar-refractivity contribution < 1.29 is 13.9 Å². The summed E-state index contributed by atoms with van der Waals surface area (Å²) in [6.07, 6.45) is 6.28. The Hall–Kier alpha value is -3.13. The van der Waals surface area contributed by atoms with Crippen molar-refractivity contribution in [1.82, 2.24) is 19.6 Å². The largest absolute Gasteiger partial charge is 0.480 e. The third kappa shape index (κ3) is 2.78. The number of nitrogens with zero attached hydrogens (tertiary/aromatic N) is 4. The predicted molar refractivity (Wildman–Crippen MR) is 98.8 cm³/mol. The van der Waals surface area contributed by atoms with Gasteiger partial charge in [-0.05, 0) is 31.4 Å². The van der Waals surface area contributed by atoms with Gasteiger partial charge >= 0.3 is 0 Å². The number of ether oxygens (including phenoxy) is 2. The van der Waals surface area contributed by atoms with E-state index in [0.29, 0.717) is 28.8 Å². The first-order chi connectivity index (χ1) is 13.2. The lowest BCUT2D eigenvalue weighted by Crippen LogP contribution is -2.19. The maximum Gasteiger partial charge on any atom is 0.232 e. The Labute approximate surface area is 154 Å². The molecule has 138 valence electrons. The molecule has 8 heteroatoms. The topological polar surface area (TPSA) is 101 Å². The average molecular weight is 365 g/mol. The molecule has 4 aromatic rings. The fourth-order valence-electron chi connectivity index (χ4n) is 3.57. The minimum absolute atomic E-state index is 0.110. The SMILES string of the molecule is COc1nccc2oc(-c3cnc4ccc(O[C@@H]5CC[C@H](N)C5)nn34)cc12. The highest BCUT2D eigenvalue weighted by atomic mass is 16.5. The Morgan fingerprint density at radius 3 is 2.96 bits per heavy atom. The molecule has 5 rings (SSSR count). The lowest BCUT2D eigenvalue weighted by Gasteiger charge is -2.12. The fourth-order valence-corrected chi connectivity index (χ4v) is 3.57. The van der Waals surface area contributed by atoms with E-state index in [1.807, 2.05) is 18.2 Å². The van der Waals surface area contributed by atoms with Crippen molar-refractivity contribution in [1.29, 1.82) is 0 Å². The molecule has 8 nitrogen and oxygen atoms in total. The molecule has 0 radical (unpaired) electrons. The zero-order valence-corrected chi connectivity index (χ0v) is 14.8. The predicted octanol–water partition coefficient (Wildman–Crippen LogP) is 2.80. The van der Waals surface area contributed by atoms with Crippen LogP contribution in [0.15, 0.2) is 41.1 Å². The van der Waals surface area contributed by atoms with Crippen LogP contribution >= 0.6 is 0 Å². The normalized spacial score (nSPS) is 19.8. The van der Waals surface area contributed by atoms with Gasteiger partial charge in [0.15, 0.2) is 11.4 Å². The monoisotopic (exact) mass is 365 g/mol. The van der Waals surface area contributed by atoms with Crippen LogP contribution in [-0.2, 0) is 0 Å². The molecule has 0 spiro atoms. The van der Waals surface area contributed by atoms with E-state index in [-0.39, 0.29) is 12.1 Å². The van der Waals surface area contributed by atoms with Gasteiger partial charge in [-0.25, -0.2) is 14.5 Å². The number of furan rings is 1. The van der Waals surface area contributed by atoms with E-state index in [2.05, 4.69) is 15.1 Å². The van der Waals surface area contributed by atoms with Crippen LogP contribution in [0.4, 0.5) is 0 Å². The molecule has 0 unspecified atom stereocenters. The van der Waals surface area contributed by atoms with Gasteiger partial charge in [0.2, 0.25) is 11.8 Å². The van der Waals surface area contributed by atoms with Gasteiger partial charge in [-0.1, -0.05) is 0 Å². The van der Waals surface area contributed by atoms with Crippen molar-refractivity contribution in [3.05, 3.63) is 36.7 Å². The zero-order chi connectivity index (χ0) is 18.4. The summed E-state index contributed by atoms with van der Waals surface area (Å²) in [5.41, 5.74) is 8.11. The van der Waals surface area contributed by atoms with Crippen molar-refractivity contribution in [2.45, 2.75) is 31.4 Å². The lowest BCUT2D eigenvalue weighted by atomic mass is 10.3. The van der Waals surface area contributed by atoms with Crippen LogP contribution in [0.1, 0.15) is 19.3 Å². The maximum absolute atomic E-state index is 6.01. The van der Waals surface area contributed by atoms with Crippen LogP contribution in [0, 0.1) is 0 Å². The summed E-state index contributed by atoms with van der Waals surface area (Å²) in [7, 11) is 1.59. The van der Waals surface area contributed by atoms with E-state index in [4.69, 9.17) is 19.6 Å². The molecule has 1 aliphatic carbocycles. The summed E-state index contributed by atoms with van der Waals surface area (Å²) >= 11 is 0. The Morgan fingerprint density at radius 1 is 1.22 bits per heavy atom. The fraction of sp³-hybridized carbons (Fsp3) is 0.316. The van der Waals surface area contributed by atoms with Gasteiger partial charge in [-0.3, -0.25) is 0 Å². The van der Waals surface area contributed by atoms with Gasteiger partial charge in [0.25, 0.3) is 0 Å². The van der Waals surface area contributed by atoms with E-state index < -0.39 is 0 Å².